The van der Waals surface area contributed by atoms with Gasteiger partial charge in [-0.25, -0.2) is 0 Å². The van der Waals surface area contributed by atoms with Crippen LogP contribution in [0.2, 0.25) is 5.02 Å². The Bertz CT molecular complexity index is 299. The zero-order valence-corrected chi connectivity index (χ0v) is 9.57. The van der Waals surface area contributed by atoms with Crippen molar-refractivity contribution in [2.24, 2.45) is 0 Å². The van der Waals surface area contributed by atoms with Gasteiger partial charge in [-0.3, -0.25) is 0 Å². The van der Waals surface area contributed by atoms with Crippen LogP contribution in [0.3, 0.4) is 0 Å². The van der Waals surface area contributed by atoms with Crippen LogP contribution in [-0.4, -0.2) is 24.1 Å². The first kappa shape index (κ1) is 10.3. The summed E-state index contributed by atoms with van der Waals surface area (Å²) in [4.78, 5) is 0. The van der Waals surface area contributed by atoms with Gasteiger partial charge in [0.1, 0.15) is 0 Å². The Morgan fingerprint density at radius 3 is 2.79 bits per heavy atom. The Balaban J connectivity index is 1.76. The van der Waals surface area contributed by atoms with Crippen LogP contribution in [0.15, 0.2) is 24.3 Å². The highest BCUT2D eigenvalue weighted by atomic mass is 35.5. The molecule has 2 rings (SSSR count). The van der Waals surface area contributed by atoms with E-state index < -0.39 is 0 Å². The molecule has 76 valence electrons. The fourth-order valence-corrected chi connectivity index (χ4v) is 2.79. The molecule has 0 radical (unpaired) electrons. The van der Waals surface area contributed by atoms with Crippen LogP contribution in [-0.2, 0) is 6.42 Å². The molecule has 0 aliphatic carbocycles. The molecule has 1 aromatic carbocycles. The van der Waals surface area contributed by atoms with Gasteiger partial charge in [0.25, 0.3) is 0 Å². The van der Waals surface area contributed by atoms with Crippen LogP contribution in [0.1, 0.15) is 5.56 Å². The molecular weight excluding hydrogens is 214 g/mol. The smallest absolute Gasteiger partial charge is 0.0438 e. The van der Waals surface area contributed by atoms with Gasteiger partial charge in [0.15, 0.2) is 0 Å². The Kier molecular flexibility index (Phi) is 3.74. The van der Waals surface area contributed by atoms with E-state index in [9.17, 15) is 0 Å². The molecule has 1 heterocycles. The second-order valence-electron chi connectivity index (χ2n) is 3.49. The van der Waals surface area contributed by atoms with Gasteiger partial charge in [0.2, 0.25) is 0 Å². The molecule has 1 aliphatic heterocycles. The van der Waals surface area contributed by atoms with Gasteiger partial charge in [-0.05, 0) is 23.8 Å². The number of aryl methyl sites for hydroxylation is 1. The quantitative estimate of drug-likeness (QED) is 0.849. The summed E-state index contributed by atoms with van der Waals surface area (Å²) in [5.41, 5.74) is 1.27. The highest BCUT2D eigenvalue weighted by molar-refractivity contribution is 8.00. The van der Waals surface area contributed by atoms with Crippen LogP contribution < -0.4 is 5.32 Å². The van der Waals surface area contributed by atoms with Gasteiger partial charge in [0, 0.05) is 23.4 Å². The van der Waals surface area contributed by atoms with Gasteiger partial charge in [0.05, 0.1) is 0 Å². The van der Waals surface area contributed by atoms with E-state index in [1.54, 1.807) is 0 Å². The van der Waals surface area contributed by atoms with Crippen molar-refractivity contribution >= 4 is 23.4 Å². The van der Waals surface area contributed by atoms with E-state index >= 15 is 0 Å². The monoisotopic (exact) mass is 227 g/mol. The molecular formula is C11H14ClNS. The molecule has 0 saturated carbocycles. The van der Waals surface area contributed by atoms with Crippen molar-refractivity contribution in [3.63, 3.8) is 0 Å². The summed E-state index contributed by atoms with van der Waals surface area (Å²) in [6.07, 6.45) is 1.08. The fraction of sp³-hybridized carbons (Fsp3) is 0.455. The summed E-state index contributed by atoms with van der Waals surface area (Å²) >= 11 is 8.11. The van der Waals surface area contributed by atoms with Gasteiger partial charge in [-0.2, -0.15) is 11.8 Å². The zero-order chi connectivity index (χ0) is 9.80. The molecule has 1 aliphatic rings. The third-order valence-electron chi connectivity index (χ3n) is 2.43. The molecule has 0 spiro atoms. The normalized spacial score (nSPS) is 16.6. The highest BCUT2D eigenvalue weighted by Gasteiger charge is 2.16. The van der Waals surface area contributed by atoms with Crippen LogP contribution >= 0.6 is 23.4 Å². The van der Waals surface area contributed by atoms with Gasteiger partial charge in [-0.15, -0.1) is 0 Å². The highest BCUT2D eigenvalue weighted by Crippen LogP contribution is 2.20. The molecule has 0 unspecified atom stereocenters. The van der Waals surface area contributed by atoms with E-state index in [0.29, 0.717) is 0 Å². The molecule has 14 heavy (non-hydrogen) atoms. The summed E-state index contributed by atoms with van der Waals surface area (Å²) < 4.78 is 0. The number of halogens is 1. The number of hydrogen-bond donors (Lipinski definition) is 1. The molecule has 1 saturated heterocycles. The molecule has 0 atom stereocenters. The molecule has 1 N–H and O–H groups in total. The van der Waals surface area contributed by atoms with E-state index in [2.05, 4.69) is 17.4 Å². The Morgan fingerprint density at radius 2 is 2.14 bits per heavy atom. The van der Waals surface area contributed by atoms with Gasteiger partial charge < -0.3 is 5.32 Å². The van der Waals surface area contributed by atoms with Crippen molar-refractivity contribution in [2.45, 2.75) is 11.7 Å². The molecule has 1 nitrogen and oxygen atoms in total. The number of benzene rings is 1. The van der Waals surface area contributed by atoms with E-state index in [1.807, 2.05) is 23.9 Å². The lowest BCUT2D eigenvalue weighted by Gasteiger charge is -2.26. The van der Waals surface area contributed by atoms with Crippen molar-refractivity contribution in [1.29, 1.82) is 0 Å². The minimum absolute atomic E-state index is 0.831. The standard InChI is InChI=1S/C11H14ClNS/c12-11-4-2-1-3-9(11)5-6-14-10-7-13-8-10/h1-4,10,13H,5-8H2. The first-order valence-electron chi connectivity index (χ1n) is 4.92. The number of hydrogen-bond acceptors (Lipinski definition) is 2. The lowest BCUT2D eigenvalue weighted by Crippen LogP contribution is -2.44. The summed E-state index contributed by atoms with van der Waals surface area (Å²) in [5.74, 6) is 1.18. The van der Waals surface area contributed by atoms with Gasteiger partial charge >= 0.3 is 0 Å². The predicted molar refractivity (Wildman–Crippen MR) is 64.3 cm³/mol. The fourth-order valence-electron chi connectivity index (χ4n) is 1.42. The zero-order valence-electron chi connectivity index (χ0n) is 8.00. The van der Waals surface area contributed by atoms with Crippen molar-refractivity contribution < 1.29 is 0 Å². The molecule has 0 amide bonds. The maximum absolute atomic E-state index is 6.07. The lowest BCUT2D eigenvalue weighted by atomic mass is 10.2. The SMILES string of the molecule is Clc1ccccc1CCSC1CNC1. The molecule has 3 heteroatoms. The summed E-state index contributed by atoms with van der Waals surface area (Å²) in [7, 11) is 0. The molecule has 1 fully saturated rings. The maximum Gasteiger partial charge on any atom is 0.0438 e. The number of nitrogens with one attached hydrogen (secondary N) is 1. The molecule has 0 bridgehead atoms. The molecule has 1 aromatic rings. The van der Waals surface area contributed by atoms with Crippen molar-refractivity contribution in [2.75, 3.05) is 18.8 Å². The van der Waals surface area contributed by atoms with E-state index in [1.165, 1.54) is 24.4 Å². The largest absolute Gasteiger partial charge is 0.314 e. The minimum Gasteiger partial charge on any atom is -0.314 e. The van der Waals surface area contributed by atoms with Gasteiger partial charge in [-0.1, -0.05) is 29.8 Å². The summed E-state index contributed by atoms with van der Waals surface area (Å²) in [6, 6.07) is 8.11. The number of rotatable bonds is 4. The maximum atomic E-state index is 6.07. The van der Waals surface area contributed by atoms with Crippen LogP contribution in [0.4, 0.5) is 0 Å². The minimum atomic E-state index is 0.831. The average Bonchev–Trinajstić information content (AvgIpc) is 2.12. The lowest BCUT2D eigenvalue weighted by molar-refractivity contribution is 0.543. The topological polar surface area (TPSA) is 12.0 Å². The predicted octanol–water partition coefficient (Wildman–Crippen LogP) is 2.59. The third-order valence-corrected chi connectivity index (χ3v) is 4.04. The van der Waals surface area contributed by atoms with E-state index in [-0.39, 0.29) is 0 Å². The Hall–Kier alpha value is -0.180. The first-order valence-corrected chi connectivity index (χ1v) is 6.34. The van der Waals surface area contributed by atoms with E-state index in [4.69, 9.17) is 11.6 Å². The first-order chi connectivity index (χ1) is 6.86. The van der Waals surface area contributed by atoms with E-state index in [0.717, 1.165) is 16.7 Å². The van der Waals surface area contributed by atoms with Crippen LogP contribution in [0.5, 0.6) is 0 Å². The average molecular weight is 228 g/mol. The Morgan fingerprint density at radius 1 is 1.36 bits per heavy atom. The summed E-state index contributed by atoms with van der Waals surface area (Å²) in [6.45, 7) is 2.35. The number of thioether (sulfide) groups is 1. The van der Waals surface area contributed by atoms with Crippen molar-refractivity contribution in [3.8, 4) is 0 Å². The van der Waals surface area contributed by atoms with Crippen molar-refractivity contribution in [3.05, 3.63) is 34.9 Å². The summed E-state index contributed by atoms with van der Waals surface area (Å²) in [5, 5.41) is 5.01. The van der Waals surface area contributed by atoms with Crippen molar-refractivity contribution in [1.82, 2.24) is 5.32 Å². The molecule has 0 aromatic heterocycles. The second kappa shape index (κ2) is 5.06. The van der Waals surface area contributed by atoms with Crippen LogP contribution in [0.25, 0.3) is 0 Å². The Labute approximate surface area is 94.2 Å². The van der Waals surface area contributed by atoms with Crippen LogP contribution in [0, 0.1) is 0 Å². The second-order valence-corrected chi connectivity index (χ2v) is 5.31. The third kappa shape index (κ3) is 2.66.